The highest BCUT2D eigenvalue weighted by Gasteiger charge is 2.39. The lowest BCUT2D eigenvalue weighted by Crippen LogP contribution is -2.43. The lowest BCUT2D eigenvalue weighted by molar-refractivity contribution is 0.153. The minimum Gasteiger partial charge on any atom is -0.493 e. The second-order valence-electron chi connectivity index (χ2n) is 9.36. The molecule has 2 aromatic heterocycles. The maximum Gasteiger partial charge on any atom is 0.224 e. The quantitative estimate of drug-likeness (QED) is 0.346. The predicted molar refractivity (Wildman–Crippen MR) is 147 cm³/mol. The van der Waals surface area contributed by atoms with Gasteiger partial charge in [-0.05, 0) is 49.4 Å². The molecule has 0 amide bonds. The molecule has 36 heavy (non-hydrogen) atoms. The van der Waals surface area contributed by atoms with Gasteiger partial charge in [-0.1, -0.05) is 36.4 Å². The summed E-state index contributed by atoms with van der Waals surface area (Å²) in [6, 6.07) is 17.0. The van der Waals surface area contributed by atoms with Gasteiger partial charge in [0.15, 0.2) is 11.5 Å². The summed E-state index contributed by atoms with van der Waals surface area (Å²) in [5, 5.41) is 6.02. The van der Waals surface area contributed by atoms with Crippen molar-refractivity contribution >= 4 is 34.0 Å². The van der Waals surface area contributed by atoms with E-state index in [1.165, 1.54) is 10.4 Å². The lowest BCUT2D eigenvalue weighted by Gasteiger charge is -2.42. The molecule has 1 fully saturated rings. The van der Waals surface area contributed by atoms with Gasteiger partial charge in [-0.25, -0.2) is 4.98 Å². The van der Waals surface area contributed by atoms with E-state index in [9.17, 15) is 0 Å². The Morgan fingerprint density at radius 1 is 1.06 bits per heavy atom. The molecule has 1 saturated heterocycles. The number of nitrogens with one attached hydrogen (secondary N) is 1. The number of anilines is 2. The van der Waals surface area contributed by atoms with E-state index in [1.807, 2.05) is 17.4 Å². The van der Waals surface area contributed by atoms with E-state index in [4.69, 9.17) is 20.2 Å². The molecule has 0 aliphatic carbocycles. The largest absolute Gasteiger partial charge is 0.493 e. The smallest absolute Gasteiger partial charge is 0.224 e. The van der Waals surface area contributed by atoms with Crippen molar-refractivity contribution in [3.63, 3.8) is 0 Å². The van der Waals surface area contributed by atoms with Gasteiger partial charge in [0.1, 0.15) is 5.82 Å². The summed E-state index contributed by atoms with van der Waals surface area (Å²) >= 11 is 1.83. The Bertz CT molecular complexity index is 1320. The molecule has 4 aromatic rings. The molecule has 1 aliphatic rings. The summed E-state index contributed by atoms with van der Waals surface area (Å²) in [6.45, 7) is 3.01. The third-order valence-corrected chi connectivity index (χ3v) is 8.42. The molecule has 188 valence electrons. The SMILES string of the molecule is CNc1nc(N)c2c(CC3(c4cccs4)CCN(Cc4ccccc4)CC3)c(OC)c(OC)cc2n1. The molecule has 7 nitrogen and oxygen atoms in total. The molecule has 0 saturated carbocycles. The number of rotatable bonds is 8. The van der Waals surface area contributed by atoms with Crippen molar-refractivity contribution in [2.24, 2.45) is 0 Å². The molecule has 8 heteroatoms. The third kappa shape index (κ3) is 4.58. The van der Waals surface area contributed by atoms with Gasteiger partial charge in [-0.3, -0.25) is 4.90 Å². The fourth-order valence-corrected chi connectivity index (χ4v) is 6.41. The number of nitrogens with zero attached hydrogens (tertiary/aromatic N) is 3. The van der Waals surface area contributed by atoms with Gasteiger partial charge in [0.25, 0.3) is 0 Å². The van der Waals surface area contributed by atoms with Crippen LogP contribution in [0.25, 0.3) is 10.9 Å². The van der Waals surface area contributed by atoms with Crippen molar-refractivity contribution in [3.8, 4) is 11.5 Å². The van der Waals surface area contributed by atoms with Crippen LogP contribution in [0.2, 0.25) is 0 Å². The number of fused-ring (bicyclic) bond motifs is 1. The first-order valence-electron chi connectivity index (χ1n) is 12.3. The van der Waals surface area contributed by atoms with Gasteiger partial charge in [-0.15, -0.1) is 11.3 Å². The van der Waals surface area contributed by atoms with Crippen LogP contribution in [0.5, 0.6) is 11.5 Å². The zero-order chi connectivity index (χ0) is 25.1. The topological polar surface area (TPSA) is 85.5 Å². The van der Waals surface area contributed by atoms with Gasteiger partial charge >= 0.3 is 0 Å². The fraction of sp³-hybridized carbons (Fsp3) is 0.357. The number of likely N-dealkylation sites (tertiary alicyclic amines) is 1. The van der Waals surface area contributed by atoms with Crippen molar-refractivity contribution < 1.29 is 9.47 Å². The summed E-state index contributed by atoms with van der Waals surface area (Å²) in [6.07, 6.45) is 2.85. The number of aromatic nitrogens is 2. The van der Waals surface area contributed by atoms with Gasteiger partial charge in [0.2, 0.25) is 5.95 Å². The number of hydrogen-bond acceptors (Lipinski definition) is 8. The van der Waals surface area contributed by atoms with Crippen molar-refractivity contribution in [1.29, 1.82) is 0 Å². The zero-order valence-electron chi connectivity index (χ0n) is 21.1. The molecular weight excluding hydrogens is 470 g/mol. The van der Waals surface area contributed by atoms with Gasteiger partial charge in [0.05, 0.1) is 19.7 Å². The third-order valence-electron chi connectivity index (χ3n) is 7.30. The number of hydrogen-bond donors (Lipinski definition) is 2. The maximum absolute atomic E-state index is 6.53. The minimum absolute atomic E-state index is 0.0396. The van der Waals surface area contributed by atoms with E-state index < -0.39 is 0 Å². The molecule has 2 aromatic carbocycles. The summed E-state index contributed by atoms with van der Waals surface area (Å²) in [4.78, 5) is 13.1. The first kappa shape index (κ1) is 24.3. The number of methoxy groups -OCH3 is 2. The summed E-state index contributed by atoms with van der Waals surface area (Å²) < 4.78 is 11.7. The molecule has 5 rings (SSSR count). The average molecular weight is 504 g/mol. The lowest BCUT2D eigenvalue weighted by atomic mass is 9.72. The van der Waals surface area contributed by atoms with Crippen LogP contribution in [0.15, 0.2) is 53.9 Å². The van der Waals surface area contributed by atoms with Crippen molar-refractivity contribution in [1.82, 2.24) is 14.9 Å². The number of nitrogens with two attached hydrogens (primary N) is 1. The first-order chi connectivity index (χ1) is 17.6. The van der Waals surface area contributed by atoms with E-state index in [-0.39, 0.29) is 5.41 Å². The van der Waals surface area contributed by atoms with Crippen LogP contribution in [0, 0.1) is 0 Å². The number of piperidine rings is 1. The predicted octanol–water partition coefficient (Wildman–Crippen LogP) is 5.11. The zero-order valence-corrected chi connectivity index (χ0v) is 21.9. The summed E-state index contributed by atoms with van der Waals surface area (Å²) in [7, 11) is 5.14. The van der Waals surface area contributed by atoms with Gasteiger partial charge < -0.3 is 20.5 Å². The Morgan fingerprint density at radius 2 is 1.83 bits per heavy atom. The van der Waals surface area contributed by atoms with Crippen LogP contribution < -0.4 is 20.5 Å². The molecule has 0 bridgehead atoms. The molecule has 3 heterocycles. The molecule has 1 aliphatic heterocycles. The number of nitrogen functional groups attached to an aromatic ring is 1. The molecule has 0 atom stereocenters. The Balaban J connectivity index is 1.55. The van der Waals surface area contributed by atoms with E-state index in [0.717, 1.165) is 55.4 Å². The Hall–Kier alpha value is -3.36. The van der Waals surface area contributed by atoms with Crippen LogP contribution in [0.3, 0.4) is 0 Å². The van der Waals surface area contributed by atoms with Crippen LogP contribution in [0.4, 0.5) is 11.8 Å². The first-order valence-corrected chi connectivity index (χ1v) is 13.1. The van der Waals surface area contributed by atoms with Crippen LogP contribution in [-0.4, -0.2) is 49.2 Å². The number of thiophene rings is 1. The molecular formula is C28H33N5O2S. The molecule has 3 N–H and O–H groups in total. The summed E-state index contributed by atoms with van der Waals surface area (Å²) in [5.74, 6) is 2.30. The standard InChI is InChI=1S/C28H33N5O2S/c1-30-27-31-21-16-22(34-2)25(35-3)20(24(21)26(29)32-27)17-28(23-10-7-15-36-23)11-13-33(14-12-28)18-19-8-5-4-6-9-19/h4-10,15-16H,11-14,17-18H2,1-3H3,(H3,29,30,31,32). The Morgan fingerprint density at radius 3 is 2.47 bits per heavy atom. The molecule has 0 spiro atoms. The van der Waals surface area contributed by atoms with E-state index in [1.54, 1.807) is 21.3 Å². The highest BCUT2D eigenvalue weighted by Crippen LogP contribution is 2.47. The Labute approximate surface area is 216 Å². The van der Waals surface area contributed by atoms with Crippen molar-refractivity contribution in [2.45, 2.75) is 31.2 Å². The van der Waals surface area contributed by atoms with E-state index >= 15 is 0 Å². The normalized spacial score (nSPS) is 15.6. The highest BCUT2D eigenvalue weighted by atomic mass is 32.1. The fourth-order valence-electron chi connectivity index (χ4n) is 5.43. The van der Waals surface area contributed by atoms with E-state index in [0.29, 0.717) is 23.3 Å². The molecule has 0 radical (unpaired) electrons. The van der Waals surface area contributed by atoms with E-state index in [2.05, 4.69) is 63.0 Å². The second-order valence-corrected chi connectivity index (χ2v) is 10.3. The monoisotopic (exact) mass is 503 g/mol. The van der Waals surface area contributed by atoms with Crippen molar-refractivity contribution in [3.05, 3.63) is 69.9 Å². The van der Waals surface area contributed by atoms with Gasteiger partial charge in [-0.2, -0.15) is 4.98 Å². The minimum atomic E-state index is -0.0396. The van der Waals surface area contributed by atoms with Gasteiger partial charge in [0, 0.05) is 40.9 Å². The molecule has 0 unspecified atom stereocenters. The summed E-state index contributed by atoms with van der Waals surface area (Å²) in [5.41, 5.74) is 9.61. The van der Waals surface area contributed by atoms with Crippen LogP contribution in [0.1, 0.15) is 28.8 Å². The second kappa shape index (κ2) is 10.3. The van der Waals surface area contributed by atoms with Crippen molar-refractivity contribution in [2.75, 3.05) is 45.4 Å². The Kier molecular flexibility index (Phi) is 6.98. The van der Waals surface area contributed by atoms with Crippen LogP contribution >= 0.6 is 11.3 Å². The van der Waals surface area contributed by atoms with Crippen LogP contribution in [-0.2, 0) is 18.4 Å². The number of benzene rings is 2. The number of ether oxygens (including phenoxy) is 2. The average Bonchev–Trinajstić information content (AvgIpc) is 3.46. The highest BCUT2D eigenvalue weighted by molar-refractivity contribution is 7.10. The maximum atomic E-state index is 6.53.